The van der Waals surface area contributed by atoms with Crippen molar-refractivity contribution in [1.29, 1.82) is 0 Å². The second-order valence-electron chi connectivity index (χ2n) is 5.84. The van der Waals surface area contributed by atoms with Gasteiger partial charge in [0.15, 0.2) is 0 Å². The molecule has 1 aliphatic heterocycles. The van der Waals surface area contributed by atoms with Crippen molar-refractivity contribution in [3.63, 3.8) is 0 Å². The highest BCUT2D eigenvalue weighted by atomic mass is 16.2. The van der Waals surface area contributed by atoms with Crippen LogP contribution in [-0.4, -0.2) is 60.4 Å². The van der Waals surface area contributed by atoms with E-state index in [0.717, 1.165) is 31.7 Å². The van der Waals surface area contributed by atoms with Crippen molar-refractivity contribution in [2.24, 2.45) is 5.73 Å². The van der Waals surface area contributed by atoms with Gasteiger partial charge in [-0.3, -0.25) is 14.5 Å². The van der Waals surface area contributed by atoms with Gasteiger partial charge in [-0.1, -0.05) is 26.0 Å². The Balaban J connectivity index is 1.93. The minimum Gasteiger partial charge on any atom is -0.380 e. The summed E-state index contributed by atoms with van der Waals surface area (Å²) < 4.78 is 0. The summed E-state index contributed by atoms with van der Waals surface area (Å²) in [5.74, 6) is -0.276. The molecule has 0 radical (unpaired) electrons. The van der Waals surface area contributed by atoms with Crippen LogP contribution in [0.25, 0.3) is 0 Å². The number of amides is 2. The number of para-hydroxylation sites is 1. The SMILES string of the molecule is CCN(CC)CC(=O)N1CCC(Nc2ccccc2C(N)=O)C1. The molecule has 1 saturated heterocycles. The van der Waals surface area contributed by atoms with Crippen LogP contribution < -0.4 is 11.1 Å². The first-order chi connectivity index (χ1) is 11.0. The highest BCUT2D eigenvalue weighted by molar-refractivity contribution is 5.98. The maximum absolute atomic E-state index is 12.3. The van der Waals surface area contributed by atoms with Crippen LogP contribution in [0.2, 0.25) is 0 Å². The average Bonchev–Trinajstić information content (AvgIpc) is 3.01. The molecule has 23 heavy (non-hydrogen) atoms. The Labute approximate surface area is 137 Å². The molecule has 1 aromatic carbocycles. The molecule has 0 aromatic heterocycles. The van der Waals surface area contributed by atoms with E-state index in [0.29, 0.717) is 18.7 Å². The second kappa shape index (κ2) is 7.97. The molecular formula is C17H26N4O2. The van der Waals surface area contributed by atoms with Gasteiger partial charge in [-0.05, 0) is 31.6 Å². The van der Waals surface area contributed by atoms with E-state index >= 15 is 0 Å². The lowest BCUT2D eigenvalue weighted by molar-refractivity contribution is -0.131. The van der Waals surface area contributed by atoms with Gasteiger partial charge in [-0.15, -0.1) is 0 Å². The number of carbonyl (C=O) groups excluding carboxylic acids is 2. The van der Waals surface area contributed by atoms with Crippen LogP contribution in [0.3, 0.4) is 0 Å². The molecule has 1 heterocycles. The van der Waals surface area contributed by atoms with Crippen molar-refractivity contribution in [2.75, 3.05) is 38.0 Å². The number of likely N-dealkylation sites (tertiary alicyclic amines) is 1. The van der Waals surface area contributed by atoms with E-state index in [1.807, 2.05) is 17.0 Å². The largest absolute Gasteiger partial charge is 0.380 e. The van der Waals surface area contributed by atoms with Gasteiger partial charge < -0.3 is 16.0 Å². The number of likely N-dealkylation sites (N-methyl/N-ethyl adjacent to an activating group) is 1. The number of rotatable bonds is 7. The third-order valence-corrected chi connectivity index (χ3v) is 4.35. The number of carbonyl (C=O) groups is 2. The number of hydrogen-bond donors (Lipinski definition) is 2. The number of nitrogens with one attached hydrogen (secondary N) is 1. The number of nitrogens with two attached hydrogens (primary N) is 1. The van der Waals surface area contributed by atoms with Gasteiger partial charge in [-0.2, -0.15) is 0 Å². The lowest BCUT2D eigenvalue weighted by Crippen LogP contribution is -2.40. The monoisotopic (exact) mass is 318 g/mol. The van der Waals surface area contributed by atoms with Crippen LogP contribution in [0.4, 0.5) is 5.69 Å². The molecule has 0 bridgehead atoms. The highest BCUT2D eigenvalue weighted by Crippen LogP contribution is 2.19. The molecule has 0 spiro atoms. The molecular weight excluding hydrogens is 292 g/mol. The third kappa shape index (κ3) is 4.45. The molecule has 0 aliphatic carbocycles. The molecule has 6 nitrogen and oxygen atoms in total. The first kappa shape index (κ1) is 17.3. The molecule has 1 aromatic rings. The molecule has 3 N–H and O–H groups in total. The Morgan fingerprint density at radius 2 is 2.00 bits per heavy atom. The van der Waals surface area contributed by atoms with Gasteiger partial charge in [0.05, 0.1) is 12.1 Å². The summed E-state index contributed by atoms with van der Waals surface area (Å²) in [6.07, 6.45) is 0.872. The second-order valence-corrected chi connectivity index (χ2v) is 5.84. The lowest BCUT2D eigenvalue weighted by atomic mass is 10.1. The fraction of sp³-hybridized carbons (Fsp3) is 0.529. The van der Waals surface area contributed by atoms with Crippen LogP contribution in [0.5, 0.6) is 0 Å². The summed E-state index contributed by atoms with van der Waals surface area (Å²) in [6.45, 7) is 7.76. The lowest BCUT2D eigenvalue weighted by Gasteiger charge is -2.23. The third-order valence-electron chi connectivity index (χ3n) is 4.35. The van der Waals surface area contributed by atoms with Crippen molar-refractivity contribution in [3.05, 3.63) is 29.8 Å². The number of hydrogen-bond acceptors (Lipinski definition) is 4. The van der Waals surface area contributed by atoms with Crippen LogP contribution in [0, 0.1) is 0 Å². The summed E-state index contributed by atoms with van der Waals surface area (Å²) in [6, 6.07) is 7.37. The molecule has 1 fully saturated rings. The standard InChI is InChI=1S/C17H26N4O2/c1-3-20(4-2)12-16(22)21-10-9-13(11-21)19-15-8-6-5-7-14(15)17(18)23/h5-8,13,19H,3-4,9-12H2,1-2H3,(H2,18,23). The van der Waals surface area contributed by atoms with Crippen molar-refractivity contribution in [2.45, 2.75) is 26.3 Å². The van der Waals surface area contributed by atoms with Crippen molar-refractivity contribution in [1.82, 2.24) is 9.80 Å². The molecule has 0 saturated carbocycles. The topological polar surface area (TPSA) is 78.7 Å². The summed E-state index contributed by atoms with van der Waals surface area (Å²) >= 11 is 0. The zero-order valence-corrected chi connectivity index (χ0v) is 13.9. The maximum atomic E-state index is 12.3. The maximum Gasteiger partial charge on any atom is 0.250 e. The molecule has 126 valence electrons. The predicted molar refractivity (Wildman–Crippen MR) is 91.4 cm³/mol. The first-order valence-electron chi connectivity index (χ1n) is 8.20. The Kier molecular flexibility index (Phi) is 5.98. The van der Waals surface area contributed by atoms with Gasteiger partial charge in [0.25, 0.3) is 5.91 Å². The zero-order chi connectivity index (χ0) is 16.8. The molecule has 2 rings (SSSR count). The van der Waals surface area contributed by atoms with E-state index in [1.54, 1.807) is 12.1 Å². The average molecular weight is 318 g/mol. The van der Waals surface area contributed by atoms with Crippen molar-refractivity contribution >= 4 is 17.5 Å². The summed E-state index contributed by atoms with van der Waals surface area (Å²) in [5, 5.41) is 3.35. The summed E-state index contributed by atoms with van der Waals surface area (Å²) in [5.41, 5.74) is 6.63. The van der Waals surface area contributed by atoms with E-state index in [-0.39, 0.29) is 11.9 Å². The van der Waals surface area contributed by atoms with Crippen molar-refractivity contribution < 1.29 is 9.59 Å². The van der Waals surface area contributed by atoms with E-state index in [9.17, 15) is 9.59 Å². The minimum absolute atomic E-state index is 0.149. The van der Waals surface area contributed by atoms with Crippen LogP contribution in [0.1, 0.15) is 30.6 Å². The summed E-state index contributed by atoms with van der Waals surface area (Å²) in [7, 11) is 0. The number of anilines is 1. The van der Waals surface area contributed by atoms with Crippen LogP contribution >= 0.6 is 0 Å². The Bertz CT molecular complexity index is 557. The highest BCUT2D eigenvalue weighted by Gasteiger charge is 2.27. The van der Waals surface area contributed by atoms with Gasteiger partial charge in [0.2, 0.25) is 5.91 Å². The van der Waals surface area contributed by atoms with Crippen LogP contribution in [-0.2, 0) is 4.79 Å². The summed E-state index contributed by atoms with van der Waals surface area (Å²) in [4.78, 5) is 27.8. The quantitative estimate of drug-likeness (QED) is 0.790. The smallest absolute Gasteiger partial charge is 0.250 e. The number of primary amides is 1. The molecule has 1 unspecified atom stereocenters. The van der Waals surface area contributed by atoms with E-state index in [1.165, 1.54) is 0 Å². The molecule has 6 heteroatoms. The van der Waals surface area contributed by atoms with Gasteiger partial charge >= 0.3 is 0 Å². The first-order valence-corrected chi connectivity index (χ1v) is 8.20. The van der Waals surface area contributed by atoms with Crippen molar-refractivity contribution in [3.8, 4) is 0 Å². The van der Waals surface area contributed by atoms with Gasteiger partial charge in [-0.25, -0.2) is 0 Å². The van der Waals surface area contributed by atoms with Crippen LogP contribution in [0.15, 0.2) is 24.3 Å². The molecule has 1 atom stereocenters. The van der Waals surface area contributed by atoms with E-state index < -0.39 is 5.91 Å². The fourth-order valence-electron chi connectivity index (χ4n) is 2.89. The predicted octanol–water partition coefficient (Wildman–Crippen LogP) is 1.14. The zero-order valence-electron chi connectivity index (χ0n) is 13.9. The normalized spacial score (nSPS) is 17.5. The fourth-order valence-corrected chi connectivity index (χ4v) is 2.89. The van der Waals surface area contributed by atoms with Gasteiger partial charge in [0, 0.05) is 24.8 Å². The van der Waals surface area contributed by atoms with E-state index in [2.05, 4.69) is 24.1 Å². The molecule has 1 aliphatic rings. The minimum atomic E-state index is -0.444. The Morgan fingerprint density at radius 3 is 2.65 bits per heavy atom. The Hall–Kier alpha value is -2.08. The Morgan fingerprint density at radius 1 is 1.30 bits per heavy atom. The van der Waals surface area contributed by atoms with Gasteiger partial charge in [0.1, 0.15) is 0 Å². The number of nitrogens with zero attached hydrogens (tertiary/aromatic N) is 2. The molecule has 2 amide bonds. The number of benzene rings is 1. The van der Waals surface area contributed by atoms with E-state index in [4.69, 9.17) is 5.73 Å².